The third kappa shape index (κ3) is 5.22. The van der Waals surface area contributed by atoms with Gasteiger partial charge >= 0.3 is 0 Å². The van der Waals surface area contributed by atoms with Crippen molar-refractivity contribution in [3.8, 4) is 11.1 Å². The van der Waals surface area contributed by atoms with Crippen LogP contribution in [-0.2, 0) is 17.8 Å². The molecule has 0 aromatic heterocycles. The lowest BCUT2D eigenvalue weighted by Crippen LogP contribution is -2.36. The van der Waals surface area contributed by atoms with Crippen LogP contribution in [0.5, 0.6) is 0 Å². The quantitative estimate of drug-likeness (QED) is 0.231. The van der Waals surface area contributed by atoms with Gasteiger partial charge in [-0.25, -0.2) is 4.39 Å². The number of hydrogen-bond acceptors (Lipinski definition) is 3. The fourth-order valence-corrected chi connectivity index (χ4v) is 4.86. The van der Waals surface area contributed by atoms with E-state index in [1.54, 1.807) is 36.4 Å². The van der Waals surface area contributed by atoms with Gasteiger partial charge in [0.1, 0.15) is 5.82 Å². The van der Waals surface area contributed by atoms with Gasteiger partial charge in [0, 0.05) is 30.8 Å². The van der Waals surface area contributed by atoms with Gasteiger partial charge < -0.3 is 4.90 Å². The number of nitrogens with zero attached hydrogens (tertiary/aromatic N) is 1. The predicted octanol–water partition coefficient (Wildman–Crippen LogP) is 6.51. The number of rotatable bonds is 7. The zero-order chi connectivity index (χ0) is 24.2. The summed E-state index contributed by atoms with van der Waals surface area (Å²) in [6, 6.07) is 31.8. The van der Waals surface area contributed by atoms with Crippen LogP contribution >= 0.6 is 0 Å². The van der Waals surface area contributed by atoms with E-state index < -0.39 is 5.78 Å². The molecule has 5 rings (SSSR count). The molecule has 0 saturated heterocycles. The second-order valence-corrected chi connectivity index (χ2v) is 9.11. The van der Waals surface area contributed by atoms with E-state index in [1.807, 2.05) is 24.3 Å². The van der Waals surface area contributed by atoms with Crippen molar-refractivity contribution in [2.45, 2.75) is 19.4 Å². The van der Waals surface area contributed by atoms with Crippen LogP contribution in [0.3, 0.4) is 0 Å². The molecule has 0 amide bonds. The van der Waals surface area contributed by atoms with E-state index in [0.717, 1.165) is 28.9 Å². The number of benzene rings is 4. The van der Waals surface area contributed by atoms with Crippen LogP contribution in [0, 0.1) is 11.7 Å². The van der Waals surface area contributed by atoms with E-state index >= 15 is 0 Å². The number of carbonyl (C=O) groups excluding carboxylic acids is 2. The van der Waals surface area contributed by atoms with E-state index in [-0.39, 0.29) is 23.9 Å². The van der Waals surface area contributed by atoms with Crippen molar-refractivity contribution in [1.29, 1.82) is 0 Å². The second kappa shape index (κ2) is 10.1. The lowest BCUT2D eigenvalue weighted by atomic mass is 9.86. The molecule has 4 aromatic carbocycles. The Kier molecular flexibility index (Phi) is 6.53. The zero-order valence-corrected chi connectivity index (χ0v) is 19.4. The number of anilines is 1. The maximum absolute atomic E-state index is 13.4. The first-order chi connectivity index (χ1) is 17.1. The van der Waals surface area contributed by atoms with Gasteiger partial charge in [-0.2, -0.15) is 0 Å². The van der Waals surface area contributed by atoms with E-state index in [4.69, 9.17) is 0 Å². The highest BCUT2D eigenvalue weighted by Gasteiger charge is 2.29. The topological polar surface area (TPSA) is 37.4 Å². The molecule has 0 bridgehead atoms. The maximum atomic E-state index is 13.4. The van der Waals surface area contributed by atoms with Gasteiger partial charge in [0.25, 0.3) is 0 Å². The van der Waals surface area contributed by atoms with Gasteiger partial charge in [-0.1, -0.05) is 78.9 Å². The van der Waals surface area contributed by atoms with Gasteiger partial charge in [-0.05, 0) is 58.9 Å². The second-order valence-electron chi connectivity index (χ2n) is 9.11. The smallest absolute Gasteiger partial charge is 0.228 e. The zero-order valence-electron chi connectivity index (χ0n) is 19.4. The summed E-state index contributed by atoms with van der Waals surface area (Å²) in [7, 11) is 0. The van der Waals surface area contributed by atoms with Crippen molar-refractivity contribution in [2.75, 3.05) is 11.4 Å². The minimum Gasteiger partial charge on any atom is -0.367 e. The number of hydrogen-bond donors (Lipinski definition) is 0. The Bertz CT molecular complexity index is 1330. The minimum atomic E-state index is -0.425. The van der Waals surface area contributed by atoms with Crippen LogP contribution in [0.1, 0.15) is 27.9 Å². The molecule has 1 atom stereocenters. The predicted molar refractivity (Wildman–Crippen MR) is 137 cm³/mol. The fourth-order valence-electron chi connectivity index (χ4n) is 4.86. The van der Waals surface area contributed by atoms with Gasteiger partial charge in [0.2, 0.25) is 11.6 Å². The first-order valence-corrected chi connectivity index (χ1v) is 11.9. The summed E-state index contributed by atoms with van der Waals surface area (Å²) >= 11 is 0. The molecule has 0 fully saturated rings. The van der Waals surface area contributed by atoms with Crippen molar-refractivity contribution >= 4 is 17.3 Å². The Balaban J connectivity index is 1.43. The van der Waals surface area contributed by atoms with Crippen LogP contribution in [0.4, 0.5) is 10.1 Å². The standard InChI is InChI=1S/C31H26FNO2/c32-28-14-11-24(12-15-28)26-13-16-29-27(19-26)17-23(21-33(29)20-22-7-3-1-4-8-22)18-30(34)31(35)25-9-5-2-6-10-25/h1-16,19,23H,17-18,20-21H2. The highest BCUT2D eigenvalue weighted by Crippen LogP contribution is 2.35. The number of halogens is 1. The first-order valence-electron chi connectivity index (χ1n) is 11.9. The summed E-state index contributed by atoms with van der Waals surface area (Å²) in [4.78, 5) is 27.9. The number of ketones is 2. The van der Waals surface area contributed by atoms with E-state index in [9.17, 15) is 14.0 Å². The molecule has 174 valence electrons. The third-order valence-electron chi connectivity index (χ3n) is 6.56. The Labute approximate surface area is 204 Å². The molecule has 35 heavy (non-hydrogen) atoms. The molecule has 0 radical (unpaired) electrons. The average Bonchev–Trinajstić information content (AvgIpc) is 2.89. The summed E-state index contributed by atoms with van der Waals surface area (Å²) in [5, 5.41) is 0. The van der Waals surface area contributed by atoms with Crippen LogP contribution in [0.25, 0.3) is 11.1 Å². The van der Waals surface area contributed by atoms with E-state index in [1.165, 1.54) is 17.7 Å². The SMILES string of the molecule is O=C(CC1Cc2cc(-c3ccc(F)cc3)ccc2N(Cc2ccccc2)C1)C(=O)c1ccccc1. The van der Waals surface area contributed by atoms with Gasteiger partial charge in [0.05, 0.1) is 0 Å². The van der Waals surface area contributed by atoms with Crippen molar-refractivity contribution in [2.24, 2.45) is 5.92 Å². The van der Waals surface area contributed by atoms with Crippen LogP contribution in [-0.4, -0.2) is 18.1 Å². The molecule has 3 nitrogen and oxygen atoms in total. The molecule has 0 aliphatic carbocycles. The van der Waals surface area contributed by atoms with Crippen molar-refractivity contribution in [3.05, 3.63) is 126 Å². The molecule has 1 heterocycles. The van der Waals surface area contributed by atoms with Gasteiger partial charge in [-0.15, -0.1) is 0 Å². The Morgan fingerprint density at radius 3 is 2.17 bits per heavy atom. The average molecular weight is 464 g/mol. The molecule has 1 aliphatic rings. The summed E-state index contributed by atoms with van der Waals surface area (Å²) < 4.78 is 13.4. The largest absolute Gasteiger partial charge is 0.367 e. The monoisotopic (exact) mass is 463 g/mol. The normalized spacial score (nSPS) is 14.9. The molecule has 0 saturated carbocycles. The highest BCUT2D eigenvalue weighted by molar-refractivity contribution is 6.43. The molecular weight excluding hydrogens is 437 g/mol. The summed E-state index contributed by atoms with van der Waals surface area (Å²) in [5.41, 5.74) is 5.86. The van der Waals surface area contributed by atoms with Crippen molar-refractivity contribution in [1.82, 2.24) is 0 Å². The lowest BCUT2D eigenvalue weighted by molar-refractivity contribution is -0.115. The van der Waals surface area contributed by atoms with E-state index in [0.29, 0.717) is 18.5 Å². The molecule has 0 N–H and O–H groups in total. The van der Waals surface area contributed by atoms with Crippen molar-refractivity contribution in [3.63, 3.8) is 0 Å². The van der Waals surface area contributed by atoms with Crippen LogP contribution < -0.4 is 4.90 Å². The summed E-state index contributed by atoms with van der Waals surface area (Å²) in [6.45, 7) is 1.42. The molecule has 1 unspecified atom stereocenters. The minimum absolute atomic E-state index is 0.0230. The third-order valence-corrected chi connectivity index (χ3v) is 6.56. The van der Waals surface area contributed by atoms with E-state index in [2.05, 4.69) is 35.2 Å². The summed E-state index contributed by atoms with van der Waals surface area (Å²) in [6.07, 6.45) is 0.919. The Morgan fingerprint density at radius 1 is 0.800 bits per heavy atom. The maximum Gasteiger partial charge on any atom is 0.228 e. The number of Topliss-reactive ketones (excluding diaryl/α,β-unsaturated/α-hetero) is 2. The molecule has 4 aromatic rings. The van der Waals surface area contributed by atoms with Crippen molar-refractivity contribution < 1.29 is 14.0 Å². The fraction of sp³-hybridized carbons (Fsp3) is 0.161. The Morgan fingerprint density at radius 2 is 1.46 bits per heavy atom. The Hall–Kier alpha value is -4.05. The van der Waals surface area contributed by atoms with Crippen LogP contribution in [0.2, 0.25) is 0 Å². The van der Waals surface area contributed by atoms with Crippen LogP contribution in [0.15, 0.2) is 103 Å². The van der Waals surface area contributed by atoms with Gasteiger partial charge in [0.15, 0.2) is 0 Å². The number of fused-ring (bicyclic) bond motifs is 1. The number of carbonyl (C=O) groups is 2. The first kappa shape index (κ1) is 22.7. The molecule has 4 heteroatoms. The lowest BCUT2D eigenvalue weighted by Gasteiger charge is -2.36. The molecular formula is C31H26FNO2. The highest BCUT2D eigenvalue weighted by atomic mass is 19.1. The molecule has 0 spiro atoms. The molecule has 1 aliphatic heterocycles. The van der Waals surface area contributed by atoms with Gasteiger partial charge in [-0.3, -0.25) is 9.59 Å². The summed E-state index contributed by atoms with van der Waals surface area (Å²) in [5.74, 6) is -1.01.